The summed E-state index contributed by atoms with van der Waals surface area (Å²) < 4.78 is 25.5. The summed E-state index contributed by atoms with van der Waals surface area (Å²) in [6.45, 7) is -0.418. The summed E-state index contributed by atoms with van der Waals surface area (Å²) in [5.41, 5.74) is 3.27. The van der Waals surface area contributed by atoms with E-state index in [0.717, 1.165) is 0 Å². The summed E-state index contributed by atoms with van der Waals surface area (Å²) in [5, 5.41) is 6.35. The topological polar surface area (TPSA) is 134 Å². The maximum Gasteiger partial charge on any atom is 0.343 e. The molecule has 1 aliphatic heterocycles. The highest BCUT2D eigenvalue weighted by Crippen LogP contribution is 2.32. The van der Waals surface area contributed by atoms with Crippen molar-refractivity contribution in [1.82, 2.24) is 10.7 Å². The van der Waals surface area contributed by atoms with Gasteiger partial charge in [0.2, 0.25) is 6.79 Å². The second-order valence-electron chi connectivity index (χ2n) is 6.32. The first-order chi connectivity index (χ1) is 15.5. The molecule has 0 fully saturated rings. The fraction of sp³-hybridized carbons (Fsp3) is 0.238. The zero-order chi connectivity index (χ0) is 22.9. The van der Waals surface area contributed by atoms with E-state index in [2.05, 4.69) is 20.6 Å². The Balaban J connectivity index is 1.48. The molecule has 0 atom stereocenters. The number of hydrazone groups is 1. The average Bonchev–Trinajstić information content (AvgIpc) is 3.29. The molecule has 0 bridgehead atoms. The van der Waals surface area contributed by atoms with Gasteiger partial charge in [0, 0.05) is 5.56 Å². The number of carbonyl (C=O) groups is 3. The Morgan fingerprint density at radius 1 is 1.06 bits per heavy atom. The molecule has 2 N–H and O–H groups in total. The SMILES string of the molecule is COC(=O)COc1ccc(C=NNC(=O)CNC(=O)c2ccc3c(c2)OCO3)cc1OC. The molecule has 11 heteroatoms. The Morgan fingerprint density at radius 3 is 2.66 bits per heavy atom. The van der Waals surface area contributed by atoms with Gasteiger partial charge in [-0.2, -0.15) is 5.10 Å². The summed E-state index contributed by atoms with van der Waals surface area (Å²) in [5.74, 6) is 0.295. The number of amides is 2. The van der Waals surface area contributed by atoms with E-state index >= 15 is 0 Å². The van der Waals surface area contributed by atoms with Crippen molar-refractivity contribution in [3.8, 4) is 23.0 Å². The number of carbonyl (C=O) groups excluding carboxylic acids is 3. The second kappa shape index (κ2) is 10.7. The Morgan fingerprint density at radius 2 is 1.88 bits per heavy atom. The van der Waals surface area contributed by atoms with E-state index in [1.165, 1.54) is 20.4 Å². The van der Waals surface area contributed by atoms with Gasteiger partial charge in [-0.3, -0.25) is 9.59 Å². The third-order valence-corrected chi connectivity index (χ3v) is 4.21. The van der Waals surface area contributed by atoms with Crippen molar-refractivity contribution in [2.24, 2.45) is 5.10 Å². The lowest BCUT2D eigenvalue weighted by atomic mass is 10.2. The maximum atomic E-state index is 12.2. The minimum absolute atomic E-state index is 0.107. The number of hydrogen-bond donors (Lipinski definition) is 2. The van der Waals surface area contributed by atoms with E-state index in [1.54, 1.807) is 36.4 Å². The first-order valence-corrected chi connectivity index (χ1v) is 9.37. The van der Waals surface area contributed by atoms with E-state index in [-0.39, 0.29) is 19.9 Å². The van der Waals surface area contributed by atoms with Crippen LogP contribution >= 0.6 is 0 Å². The van der Waals surface area contributed by atoms with E-state index < -0.39 is 17.8 Å². The molecule has 2 amide bonds. The third kappa shape index (κ3) is 5.88. The monoisotopic (exact) mass is 443 g/mol. The molecule has 3 rings (SSSR count). The highest BCUT2D eigenvalue weighted by atomic mass is 16.7. The van der Waals surface area contributed by atoms with Crippen molar-refractivity contribution in [3.63, 3.8) is 0 Å². The molecule has 0 saturated carbocycles. The molecule has 2 aromatic rings. The zero-order valence-electron chi connectivity index (χ0n) is 17.4. The number of benzene rings is 2. The van der Waals surface area contributed by atoms with Gasteiger partial charge < -0.3 is 29.0 Å². The lowest BCUT2D eigenvalue weighted by molar-refractivity contribution is -0.142. The summed E-state index contributed by atoms with van der Waals surface area (Å²) >= 11 is 0. The standard InChI is InChI=1S/C21H21N3O8/c1-28-17-7-13(3-5-15(17)30-11-20(26)29-2)9-23-24-19(25)10-22-21(27)14-4-6-16-18(8-14)32-12-31-16/h3-9H,10-12H2,1-2H3,(H,22,27)(H,24,25). The highest BCUT2D eigenvalue weighted by Gasteiger charge is 2.16. The lowest BCUT2D eigenvalue weighted by Crippen LogP contribution is -2.34. The van der Waals surface area contributed by atoms with Gasteiger partial charge in [0.05, 0.1) is 27.0 Å². The van der Waals surface area contributed by atoms with Crippen molar-refractivity contribution in [1.29, 1.82) is 0 Å². The van der Waals surface area contributed by atoms with Crippen molar-refractivity contribution in [2.75, 3.05) is 34.2 Å². The number of ether oxygens (including phenoxy) is 5. The molecule has 0 saturated heterocycles. The largest absolute Gasteiger partial charge is 0.493 e. The number of methoxy groups -OCH3 is 2. The number of nitrogens with one attached hydrogen (secondary N) is 2. The quantitative estimate of drug-likeness (QED) is 0.331. The molecule has 1 aliphatic rings. The molecule has 32 heavy (non-hydrogen) atoms. The van der Waals surface area contributed by atoms with Crippen molar-refractivity contribution < 1.29 is 38.1 Å². The Labute approximate surface area is 183 Å². The molecule has 0 aromatic heterocycles. The summed E-state index contributed by atoms with van der Waals surface area (Å²) in [6.07, 6.45) is 1.39. The number of nitrogens with zero attached hydrogens (tertiary/aromatic N) is 1. The zero-order valence-corrected chi connectivity index (χ0v) is 17.4. The van der Waals surface area contributed by atoms with Gasteiger partial charge in [-0.25, -0.2) is 10.2 Å². The molecule has 0 unspecified atom stereocenters. The van der Waals surface area contributed by atoms with E-state index in [0.29, 0.717) is 34.1 Å². The van der Waals surface area contributed by atoms with Crippen LogP contribution in [0, 0.1) is 0 Å². The summed E-state index contributed by atoms with van der Waals surface area (Å²) in [7, 11) is 2.71. The maximum absolute atomic E-state index is 12.2. The van der Waals surface area contributed by atoms with Crippen LogP contribution in [-0.4, -0.2) is 58.2 Å². The molecule has 2 aromatic carbocycles. The van der Waals surface area contributed by atoms with Crippen LogP contribution in [0.4, 0.5) is 0 Å². The average molecular weight is 443 g/mol. The predicted octanol–water partition coefficient (Wildman–Crippen LogP) is 0.856. The lowest BCUT2D eigenvalue weighted by Gasteiger charge is -2.10. The van der Waals surface area contributed by atoms with Gasteiger partial charge in [-0.15, -0.1) is 0 Å². The molecule has 0 aliphatic carbocycles. The van der Waals surface area contributed by atoms with Gasteiger partial charge in [0.1, 0.15) is 0 Å². The van der Waals surface area contributed by atoms with Crippen LogP contribution in [0.15, 0.2) is 41.5 Å². The Hall–Kier alpha value is -4.28. The van der Waals surface area contributed by atoms with Gasteiger partial charge in [-0.1, -0.05) is 0 Å². The first-order valence-electron chi connectivity index (χ1n) is 9.37. The minimum atomic E-state index is -0.522. The molecule has 11 nitrogen and oxygen atoms in total. The molecule has 168 valence electrons. The number of fused-ring (bicyclic) bond motifs is 1. The van der Waals surface area contributed by atoms with Crippen molar-refractivity contribution >= 4 is 24.0 Å². The van der Waals surface area contributed by atoms with Crippen LogP contribution in [0.2, 0.25) is 0 Å². The van der Waals surface area contributed by atoms with Crippen LogP contribution in [-0.2, 0) is 14.3 Å². The molecular formula is C21H21N3O8. The summed E-state index contributed by atoms with van der Waals surface area (Å²) in [4.78, 5) is 35.3. The van der Waals surface area contributed by atoms with E-state index in [9.17, 15) is 14.4 Å². The van der Waals surface area contributed by atoms with E-state index in [4.69, 9.17) is 18.9 Å². The van der Waals surface area contributed by atoms with E-state index in [1.807, 2.05) is 0 Å². The normalized spacial score (nSPS) is 11.7. The third-order valence-electron chi connectivity index (χ3n) is 4.21. The molecule has 0 radical (unpaired) electrons. The van der Waals surface area contributed by atoms with Gasteiger partial charge >= 0.3 is 5.97 Å². The number of hydrogen-bond acceptors (Lipinski definition) is 9. The number of esters is 1. The van der Waals surface area contributed by atoms with Crippen LogP contribution in [0.3, 0.4) is 0 Å². The summed E-state index contributed by atoms with van der Waals surface area (Å²) in [6, 6.07) is 9.61. The van der Waals surface area contributed by atoms with Crippen LogP contribution in [0.1, 0.15) is 15.9 Å². The van der Waals surface area contributed by atoms with Crippen molar-refractivity contribution in [3.05, 3.63) is 47.5 Å². The fourth-order valence-electron chi connectivity index (χ4n) is 2.60. The molecule has 1 heterocycles. The fourth-order valence-corrected chi connectivity index (χ4v) is 2.60. The molecule has 0 spiro atoms. The molecular weight excluding hydrogens is 422 g/mol. The predicted molar refractivity (Wildman–Crippen MR) is 111 cm³/mol. The van der Waals surface area contributed by atoms with Gasteiger partial charge in [0.25, 0.3) is 11.8 Å². The van der Waals surface area contributed by atoms with Gasteiger partial charge in [-0.05, 0) is 42.0 Å². The van der Waals surface area contributed by atoms with Crippen LogP contribution < -0.4 is 29.7 Å². The Bertz CT molecular complexity index is 1040. The minimum Gasteiger partial charge on any atom is -0.493 e. The van der Waals surface area contributed by atoms with Crippen LogP contribution in [0.5, 0.6) is 23.0 Å². The van der Waals surface area contributed by atoms with Gasteiger partial charge in [0.15, 0.2) is 29.6 Å². The first kappa shape index (κ1) is 22.4. The smallest absolute Gasteiger partial charge is 0.343 e. The Kier molecular flexibility index (Phi) is 7.46. The highest BCUT2D eigenvalue weighted by molar-refractivity contribution is 5.97. The van der Waals surface area contributed by atoms with Crippen molar-refractivity contribution in [2.45, 2.75) is 0 Å². The number of rotatable bonds is 9. The second-order valence-corrected chi connectivity index (χ2v) is 6.32. The van der Waals surface area contributed by atoms with Crippen LogP contribution in [0.25, 0.3) is 0 Å².